The van der Waals surface area contributed by atoms with E-state index in [1.807, 2.05) is 18.2 Å². The molecule has 19 heavy (non-hydrogen) atoms. The zero-order valence-electron chi connectivity index (χ0n) is 12.8. The van der Waals surface area contributed by atoms with E-state index in [0.29, 0.717) is 0 Å². The van der Waals surface area contributed by atoms with Crippen LogP contribution in [-0.4, -0.2) is 31.2 Å². The van der Waals surface area contributed by atoms with Crippen LogP contribution in [0.1, 0.15) is 38.7 Å². The van der Waals surface area contributed by atoms with E-state index in [4.69, 9.17) is 11.5 Å². The predicted molar refractivity (Wildman–Crippen MR) is 85.0 cm³/mol. The lowest BCUT2D eigenvalue weighted by molar-refractivity contribution is -0.908. The van der Waals surface area contributed by atoms with Gasteiger partial charge in [-0.25, -0.2) is 0 Å². The molecular formula is C16H30N3+. The molecule has 0 heterocycles. The average Bonchev–Trinajstić information content (AvgIpc) is 2.40. The third kappa shape index (κ3) is 5.11. The van der Waals surface area contributed by atoms with Crippen LogP contribution < -0.4 is 11.5 Å². The summed E-state index contributed by atoms with van der Waals surface area (Å²) in [6.07, 6.45) is 4.78. The molecule has 3 heteroatoms. The molecule has 0 aromatic heterocycles. The van der Waals surface area contributed by atoms with E-state index in [2.05, 4.69) is 20.9 Å². The van der Waals surface area contributed by atoms with E-state index in [9.17, 15) is 0 Å². The Morgan fingerprint density at radius 2 is 1.74 bits per heavy atom. The minimum absolute atomic E-state index is 0.808. The van der Waals surface area contributed by atoms with Crippen molar-refractivity contribution in [2.45, 2.75) is 39.5 Å². The molecule has 1 aromatic carbocycles. The van der Waals surface area contributed by atoms with Crippen LogP contribution in [-0.2, 0) is 6.42 Å². The highest BCUT2D eigenvalue weighted by Crippen LogP contribution is 2.18. The maximum Gasteiger partial charge on any atom is 0.0787 e. The summed E-state index contributed by atoms with van der Waals surface area (Å²) in [6, 6.07) is 5.79. The first kappa shape index (κ1) is 15.8. The van der Waals surface area contributed by atoms with Crippen molar-refractivity contribution >= 4 is 11.4 Å². The Labute approximate surface area is 118 Å². The Kier molecular flexibility index (Phi) is 6.16. The van der Waals surface area contributed by atoms with Crippen LogP contribution in [0.3, 0.4) is 0 Å². The number of nitrogens with two attached hydrogens (primary N) is 2. The molecule has 0 radical (unpaired) electrons. The van der Waals surface area contributed by atoms with Gasteiger partial charge in [-0.15, -0.1) is 0 Å². The number of unbranched alkanes of at least 4 members (excludes halogenated alkanes) is 1. The topological polar surface area (TPSA) is 52.0 Å². The third-order valence-corrected chi connectivity index (χ3v) is 4.13. The van der Waals surface area contributed by atoms with Crippen LogP contribution in [0.5, 0.6) is 0 Å². The molecule has 0 amide bonds. The lowest BCUT2D eigenvalue weighted by Crippen LogP contribution is -2.45. The highest BCUT2D eigenvalue weighted by molar-refractivity contribution is 5.55. The normalized spacial score (nSPS) is 14.3. The number of benzene rings is 1. The Balaban J connectivity index is 2.50. The lowest BCUT2D eigenvalue weighted by Gasteiger charge is -2.33. The maximum atomic E-state index is 5.99. The number of aryl methyl sites for hydroxylation is 1. The first-order chi connectivity index (χ1) is 9.00. The van der Waals surface area contributed by atoms with Crippen molar-refractivity contribution in [2.75, 3.05) is 38.1 Å². The van der Waals surface area contributed by atoms with E-state index >= 15 is 0 Å². The molecule has 1 aromatic rings. The minimum atomic E-state index is 0.808. The average molecular weight is 264 g/mol. The van der Waals surface area contributed by atoms with Gasteiger partial charge in [-0.05, 0) is 43.5 Å². The SMILES string of the molecule is CCCC[N+](C)(CC)CCCc1cc(N)ccc1N. The minimum Gasteiger partial charge on any atom is -0.399 e. The Morgan fingerprint density at radius 1 is 1.05 bits per heavy atom. The van der Waals surface area contributed by atoms with Crippen molar-refractivity contribution in [3.05, 3.63) is 23.8 Å². The van der Waals surface area contributed by atoms with Gasteiger partial charge in [0.1, 0.15) is 0 Å². The van der Waals surface area contributed by atoms with Gasteiger partial charge < -0.3 is 16.0 Å². The summed E-state index contributed by atoms with van der Waals surface area (Å²) >= 11 is 0. The van der Waals surface area contributed by atoms with Crippen molar-refractivity contribution < 1.29 is 4.48 Å². The van der Waals surface area contributed by atoms with Crippen molar-refractivity contribution in [2.24, 2.45) is 0 Å². The van der Waals surface area contributed by atoms with E-state index in [1.165, 1.54) is 44.5 Å². The van der Waals surface area contributed by atoms with E-state index in [1.54, 1.807) is 0 Å². The number of rotatable bonds is 8. The van der Waals surface area contributed by atoms with Crippen LogP contribution in [0.4, 0.5) is 11.4 Å². The molecule has 0 fully saturated rings. The fourth-order valence-electron chi connectivity index (χ4n) is 2.46. The fraction of sp³-hybridized carbons (Fsp3) is 0.625. The summed E-state index contributed by atoms with van der Waals surface area (Å²) in [4.78, 5) is 0. The number of hydrogen-bond acceptors (Lipinski definition) is 2. The smallest absolute Gasteiger partial charge is 0.0787 e. The van der Waals surface area contributed by atoms with Crippen molar-refractivity contribution in [3.8, 4) is 0 Å². The number of hydrogen-bond donors (Lipinski definition) is 2. The van der Waals surface area contributed by atoms with Gasteiger partial charge in [-0.2, -0.15) is 0 Å². The van der Waals surface area contributed by atoms with E-state index in [-0.39, 0.29) is 0 Å². The Morgan fingerprint density at radius 3 is 2.37 bits per heavy atom. The zero-order chi connectivity index (χ0) is 14.3. The zero-order valence-corrected chi connectivity index (χ0v) is 12.8. The van der Waals surface area contributed by atoms with Gasteiger partial charge in [0.15, 0.2) is 0 Å². The molecule has 1 atom stereocenters. The molecule has 0 aliphatic carbocycles. The molecule has 0 aliphatic rings. The van der Waals surface area contributed by atoms with Gasteiger partial charge in [-0.3, -0.25) is 0 Å². The molecule has 0 aliphatic heterocycles. The summed E-state index contributed by atoms with van der Waals surface area (Å²) < 4.78 is 1.16. The summed E-state index contributed by atoms with van der Waals surface area (Å²) in [5, 5.41) is 0. The second-order valence-corrected chi connectivity index (χ2v) is 5.80. The Bertz CT molecular complexity index is 390. The van der Waals surface area contributed by atoms with Crippen LogP contribution >= 0.6 is 0 Å². The molecule has 0 saturated heterocycles. The second-order valence-electron chi connectivity index (χ2n) is 5.80. The lowest BCUT2D eigenvalue weighted by atomic mass is 10.1. The molecule has 0 bridgehead atoms. The standard InChI is InChI=1S/C16H30N3/c1-4-6-11-19(3,5-2)12-7-8-14-13-15(17)9-10-16(14)18/h9-10,13H,4-8,11-12,17-18H2,1-3H3/q+1. The highest BCUT2D eigenvalue weighted by atomic mass is 15.3. The van der Waals surface area contributed by atoms with Crippen LogP contribution in [0.15, 0.2) is 18.2 Å². The number of quaternary nitrogens is 1. The van der Waals surface area contributed by atoms with Gasteiger partial charge in [0.2, 0.25) is 0 Å². The summed E-state index contributed by atoms with van der Waals surface area (Å²) in [6.45, 7) is 8.23. The van der Waals surface area contributed by atoms with Gasteiger partial charge in [-0.1, -0.05) is 13.3 Å². The van der Waals surface area contributed by atoms with E-state index < -0.39 is 0 Å². The first-order valence-electron chi connectivity index (χ1n) is 7.48. The van der Waals surface area contributed by atoms with Crippen molar-refractivity contribution in [3.63, 3.8) is 0 Å². The van der Waals surface area contributed by atoms with Crippen LogP contribution in [0.2, 0.25) is 0 Å². The molecule has 1 rings (SSSR count). The van der Waals surface area contributed by atoms with Gasteiger partial charge in [0, 0.05) is 17.8 Å². The molecule has 0 saturated carbocycles. The fourth-order valence-corrected chi connectivity index (χ4v) is 2.46. The summed E-state index contributed by atoms with van der Waals surface area (Å²) in [5.41, 5.74) is 14.7. The van der Waals surface area contributed by atoms with Crippen molar-refractivity contribution in [1.82, 2.24) is 0 Å². The van der Waals surface area contributed by atoms with Gasteiger partial charge in [0.05, 0.1) is 26.7 Å². The molecule has 1 unspecified atom stereocenters. The molecule has 0 spiro atoms. The number of nitrogen functional groups attached to an aromatic ring is 2. The summed E-state index contributed by atoms with van der Waals surface area (Å²) in [7, 11) is 2.36. The maximum absolute atomic E-state index is 5.99. The second kappa shape index (κ2) is 7.39. The Hall–Kier alpha value is -1.22. The quantitative estimate of drug-likeness (QED) is 0.560. The van der Waals surface area contributed by atoms with Crippen molar-refractivity contribution in [1.29, 1.82) is 0 Å². The van der Waals surface area contributed by atoms with Crippen LogP contribution in [0.25, 0.3) is 0 Å². The summed E-state index contributed by atoms with van der Waals surface area (Å²) in [5.74, 6) is 0. The molecular weight excluding hydrogens is 234 g/mol. The highest BCUT2D eigenvalue weighted by Gasteiger charge is 2.17. The number of anilines is 2. The molecule has 4 N–H and O–H groups in total. The van der Waals surface area contributed by atoms with Crippen LogP contribution in [0, 0.1) is 0 Å². The molecule has 3 nitrogen and oxygen atoms in total. The first-order valence-corrected chi connectivity index (χ1v) is 7.48. The van der Waals surface area contributed by atoms with E-state index in [0.717, 1.165) is 22.3 Å². The third-order valence-electron chi connectivity index (χ3n) is 4.13. The predicted octanol–water partition coefficient (Wildman–Crippen LogP) is 3.05. The van der Waals surface area contributed by atoms with Gasteiger partial charge >= 0.3 is 0 Å². The molecule has 108 valence electrons. The monoisotopic (exact) mass is 264 g/mol. The largest absolute Gasteiger partial charge is 0.399 e. The number of nitrogens with zero attached hydrogens (tertiary/aromatic N) is 1. The van der Waals surface area contributed by atoms with Gasteiger partial charge in [0.25, 0.3) is 0 Å².